The molecule has 10 nitrogen and oxygen atoms in total. The number of likely N-dealkylation sites (N-methyl/N-ethyl adjacent to an activating group) is 1. The summed E-state index contributed by atoms with van der Waals surface area (Å²) >= 11 is 1.08. The summed E-state index contributed by atoms with van der Waals surface area (Å²) in [4.78, 5) is 75.0. The van der Waals surface area contributed by atoms with E-state index in [1.165, 1.54) is 11.7 Å². The molecular formula is C35H29N3O7S. The van der Waals surface area contributed by atoms with E-state index in [0.29, 0.717) is 41.7 Å². The van der Waals surface area contributed by atoms with Crippen molar-refractivity contribution in [2.75, 3.05) is 32.2 Å². The van der Waals surface area contributed by atoms with Crippen LogP contribution in [0.25, 0.3) is 10.9 Å². The number of thioether (sulfide) groups is 1. The number of anilines is 1. The molecule has 5 heterocycles. The van der Waals surface area contributed by atoms with Gasteiger partial charge < -0.3 is 14.4 Å². The fourth-order valence-corrected chi connectivity index (χ4v) is 10.3. The predicted octanol–water partition coefficient (Wildman–Crippen LogP) is 4.15. The van der Waals surface area contributed by atoms with Gasteiger partial charge in [-0.3, -0.25) is 28.6 Å². The van der Waals surface area contributed by atoms with E-state index < -0.39 is 45.9 Å². The third kappa shape index (κ3) is 3.19. The molecular weight excluding hydrogens is 606 g/mol. The molecule has 1 unspecified atom stereocenters. The van der Waals surface area contributed by atoms with Gasteiger partial charge in [0.15, 0.2) is 0 Å². The van der Waals surface area contributed by atoms with Crippen molar-refractivity contribution in [2.24, 2.45) is 5.92 Å². The van der Waals surface area contributed by atoms with Gasteiger partial charge >= 0.3 is 11.9 Å². The first-order chi connectivity index (χ1) is 22.3. The number of aromatic nitrogens is 1. The summed E-state index contributed by atoms with van der Waals surface area (Å²) in [5.41, 5.74) is 2.04. The topological polar surface area (TPSA) is 115 Å². The smallest absolute Gasteiger partial charge is 0.379 e. The van der Waals surface area contributed by atoms with Gasteiger partial charge in [0.1, 0.15) is 16.2 Å². The lowest BCUT2D eigenvalue weighted by Crippen LogP contribution is -2.57. The SMILES string of the molecule is CCN1C(=O)[C@@]2(c3ccccc31)[C@H](C(=O)OC)[C@]1(Sc3c(C(=O)C(=O)OC)c4ccccc4n3C1=O)C1c3ccccc3CCN12. The molecule has 3 aromatic carbocycles. The maximum atomic E-state index is 15.5. The van der Waals surface area contributed by atoms with E-state index >= 15 is 9.59 Å². The quantitative estimate of drug-likeness (QED) is 0.185. The van der Waals surface area contributed by atoms with Gasteiger partial charge in [0.2, 0.25) is 0 Å². The molecule has 4 aromatic rings. The third-order valence-corrected chi connectivity index (χ3v) is 11.7. The number of rotatable bonds is 4. The molecule has 0 radical (unpaired) electrons. The van der Waals surface area contributed by atoms with Crippen LogP contribution in [0, 0.1) is 5.92 Å². The van der Waals surface area contributed by atoms with E-state index in [1.54, 1.807) is 29.2 Å². The Labute approximate surface area is 268 Å². The number of esters is 2. The molecule has 1 fully saturated rings. The Hall–Kier alpha value is -4.74. The number of hydrogen-bond donors (Lipinski definition) is 0. The minimum Gasteiger partial charge on any atom is -0.469 e. The van der Waals surface area contributed by atoms with E-state index in [-0.39, 0.29) is 16.5 Å². The fourth-order valence-electron chi connectivity index (χ4n) is 8.50. The third-order valence-electron chi connectivity index (χ3n) is 10.2. The van der Waals surface area contributed by atoms with E-state index in [1.807, 2.05) is 60.4 Å². The first kappa shape index (κ1) is 28.7. The summed E-state index contributed by atoms with van der Waals surface area (Å²) in [7, 11) is 2.40. The van der Waals surface area contributed by atoms with Crippen LogP contribution in [0.5, 0.6) is 0 Å². The summed E-state index contributed by atoms with van der Waals surface area (Å²) in [6.07, 6.45) is 0.597. The van der Waals surface area contributed by atoms with Crippen LogP contribution in [-0.2, 0) is 35.8 Å². The van der Waals surface area contributed by atoms with Crippen LogP contribution in [0.15, 0.2) is 77.8 Å². The number of fused-ring (bicyclic) bond motifs is 10. The lowest BCUT2D eigenvalue weighted by molar-refractivity contribution is -0.153. The second-order valence-electron chi connectivity index (χ2n) is 11.9. The molecule has 1 amide bonds. The molecule has 0 N–H and O–H groups in total. The number of hydrogen-bond acceptors (Lipinski definition) is 9. The minimum atomic E-state index is -1.65. The van der Waals surface area contributed by atoms with Crippen molar-refractivity contribution in [3.63, 3.8) is 0 Å². The highest BCUT2D eigenvalue weighted by Gasteiger charge is 2.80. The van der Waals surface area contributed by atoms with Gasteiger partial charge in [0.25, 0.3) is 17.6 Å². The summed E-state index contributed by atoms with van der Waals surface area (Å²) in [5.74, 6) is -4.73. The van der Waals surface area contributed by atoms with Gasteiger partial charge in [0.05, 0.1) is 36.4 Å². The van der Waals surface area contributed by atoms with Gasteiger partial charge in [-0.15, -0.1) is 0 Å². The van der Waals surface area contributed by atoms with Gasteiger partial charge in [-0.05, 0) is 36.6 Å². The molecule has 0 bridgehead atoms. The number of nitrogens with zero attached hydrogens (tertiary/aromatic N) is 3. The summed E-state index contributed by atoms with van der Waals surface area (Å²) in [5, 5.41) is 0.660. The van der Waals surface area contributed by atoms with Crippen molar-refractivity contribution in [1.82, 2.24) is 9.47 Å². The number of Topliss-reactive ketones (excluding diaryl/α,β-unsaturated/α-hetero) is 1. The number of para-hydroxylation sites is 2. The molecule has 11 heteroatoms. The van der Waals surface area contributed by atoms with Crippen molar-refractivity contribution >= 4 is 57.9 Å². The first-order valence-corrected chi connectivity index (χ1v) is 15.9. The van der Waals surface area contributed by atoms with E-state index in [0.717, 1.165) is 30.0 Å². The molecule has 0 saturated carbocycles. The van der Waals surface area contributed by atoms with Crippen molar-refractivity contribution in [1.29, 1.82) is 0 Å². The molecule has 2 spiro atoms. The molecule has 4 atom stereocenters. The Bertz CT molecular complexity index is 2050. The van der Waals surface area contributed by atoms with Crippen LogP contribution < -0.4 is 4.90 Å². The second-order valence-corrected chi connectivity index (χ2v) is 13.2. The fraction of sp³-hybridized carbons (Fsp3) is 0.286. The molecule has 1 saturated heterocycles. The zero-order valence-corrected chi connectivity index (χ0v) is 26.1. The molecule has 232 valence electrons. The lowest BCUT2D eigenvalue weighted by Gasteiger charge is -2.42. The van der Waals surface area contributed by atoms with Crippen molar-refractivity contribution in [2.45, 2.75) is 34.7 Å². The van der Waals surface area contributed by atoms with Crippen LogP contribution in [0.3, 0.4) is 0 Å². The number of methoxy groups -OCH3 is 2. The highest BCUT2D eigenvalue weighted by Crippen LogP contribution is 2.71. The van der Waals surface area contributed by atoms with Crippen LogP contribution in [0.4, 0.5) is 5.69 Å². The number of amides is 1. The highest BCUT2D eigenvalue weighted by molar-refractivity contribution is 8.02. The Kier molecular flexibility index (Phi) is 6.17. The van der Waals surface area contributed by atoms with Crippen LogP contribution >= 0.6 is 11.8 Å². The zero-order chi connectivity index (χ0) is 32.1. The first-order valence-electron chi connectivity index (χ1n) is 15.1. The number of ketones is 1. The van der Waals surface area contributed by atoms with Crippen LogP contribution in [0.1, 0.15) is 44.8 Å². The monoisotopic (exact) mass is 635 g/mol. The van der Waals surface area contributed by atoms with Crippen LogP contribution in [-0.4, -0.2) is 71.1 Å². The average Bonchev–Trinajstić information content (AvgIpc) is 3.74. The molecule has 4 aliphatic rings. The van der Waals surface area contributed by atoms with Crippen molar-refractivity contribution in [3.8, 4) is 0 Å². The van der Waals surface area contributed by atoms with E-state index in [2.05, 4.69) is 0 Å². The highest BCUT2D eigenvalue weighted by atomic mass is 32.2. The Morgan fingerprint density at radius 1 is 0.913 bits per heavy atom. The molecule has 4 aliphatic heterocycles. The number of benzene rings is 3. The molecule has 1 aromatic heterocycles. The normalized spacial score (nSPS) is 25.9. The standard InChI is InChI=1S/C35H29N3O7S/c1-4-36-24-16-10-8-14-22(24)34(32(36)42)27(31(41)45-3)35(28-20-12-6-5-11-19(20)17-18-37(28)34)33(43)38-23-15-9-7-13-21(23)25(29(38)46-35)26(39)30(40)44-2/h5-16,27-28H,4,17-18H2,1-3H3/t27-,28?,34+,35-/m0/s1. The summed E-state index contributed by atoms with van der Waals surface area (Å²) in [6.45, 7) is 2.63. The molecule has 0 aliphatic carbocycles. The van der Waals surface area contributed by atoms with Gasteiger partial charge in [0, 0.05) is 29.7 Å². The number of carbonyl (C=O) groups excluding carboxylic acids is 5. The van der Waals surface area contributed by atoms with E-state index in [9.17, 15) is 14.4 Å². The maximum absolute atomic E-state index is 15.5. The molecule has 8 rings (SSSR count). The molecule has 46 heavy (non-hydrogen) atoms. The average molecular weight is 636 g/mol. The van der Waals surface area contributed by atoms with E-state index in [4.69, 9.17) is 9.47 Å². The Morgan fingerprint density at radius 3 is 2.39 bits per heavy atom. The van der Waals surface area contributed by atoms with Gasteiger partial charge in [-0.2, -0.15) is 0 Å². The lowest BCUT2D eigenvalue weighted by atomic mass is 9.73. The second kappa shape index (κ2) is 9.88. The van der Waals surface area contributed by atoms with Gasteiger partial charge in [-0.1, -0.05) is 72.4 Å². The number of ether oxygens (including phenoxy) is 2. The van der Waals surface area contributed by atoms with Crippen molar-refractivity contribution < 1.29 is 33.4 Å². The van der Waals surface area contributed by atoms with Crippen LogP contribution in [0.2, 0.25) is 0 Å². The Balaban J connectivity index is 1.49. The summed E-state index contributed by atoms with van der Waals surface area (Å²) in [6, 6.07) is 21.3. The predicted molar refractivity (Wildman–Crippen MR) is 169 cm³/mol. The largest absolute Gasteiger partial charge is 0.469 e. The number of carbonyl (C=O) groups is 5. The Morgan fingerprint density at radius 2 is 1.63 bits per heavy atom. The maximum Gasteiger partial charge on any atom is 0.379 e. The summed E-state index contributed by atoms with van der Waals surface area (Å²) < 4.78 is 10.1. The minimum absolute atomic E-state index is 0.0335. The van der Waals surface area contributed by atoms with Crippen molar-refractivity contribution in [3.05, 3.63) is 95.1 Å². The van der Waals surface area contributed by atoms with Gasteiger partial charge in [-0.25, -0.2) is 4.79 Å². The zero-order valence-electron chi connectivity index (χ0n) is 25.3.